The second-order valence-electron chi connectivity index (χ2n) is 2.33. The van der Waals surface area contributed by atoms with Crippen molar-refractivity contribution < 1.29 is 19.6 Å². The summed E-state index contributed by atoms with van der Waals surface area (Å²) < 4.78 is 4.93. The van der Waals surface area contributed by atoms with Crippen LogP contribution in [0.4, 0.5) is 0 Å². The summed E-state index contributed by atoms with van der Waals surface area (Å²) in [6, 6.07) is 0. The first-order valence-electron chi connectivity index (χ1n) is 4.34. The molecule has 0 aromatic rings. The topological polar surface area (TPSA) is 47.9 Å². The Morgan fingerprint density at radius 2 is 1.75 bits per heavy atom. The van der Waals surface area contributed by atoms with Crippen LogP contribution >= 0.6 is 0 Å². The number of ether oxygens (including phenoxy) is 1. The van der Waals surface area contributed by atoms with Crippen molar-refractivity contribution in [2.45, 2.75) is 19.8 Å². The molecule has 0 aromatic carbocycles. The lowest BCUT2D eigenvalue weighted by Crippen LogP contribution is -2.08. The van der Waals surface area contributed by atoms with Gasteiger partial charge in [-0.15, -0.1) is 0 Å². The van der Waals surface area contributed by atoms with Crippen LogP contribution in [0.3, 0.4) is 0 Å². The van der Waals surface area contributed by atoms with Crippen molar-refractivity contribution in [3.63, 3.8) is 0 Å². The lowest BCUT2D eigenvalue weighted by Gasteiger charge is -2.03. The fraction of sp³-hybridized carbons (Fsp3) is 1.00. The molecule has 0 atom stereocenters. The molecular weight excluding hydrogens is 160 g/mol. The van der Waals surface area contributed by atoms with E-state index in [2.05, 4.69) is 6.92 Å². The summed E-state index contributed by atoms with van der Waals surface area (Å²) in [6.45, 7) is 4.02. The van der Waals surface area contributed by atoms with E-state index < -0.39 is 0 Å². The minimum Gasteiger partial charge on any atom is -0.394 e. The molecule has 4 nitrogen and oxygen atoms in total. The van der Waals surface area contributed by atoms with Crippen LogP contribution in [0.2, 0.25) is 0 Å². The summed E-state index contributed by atoms with van der Waals surface area (Å²) >= 11 is 0. The van der Waals surface area contributed by atoms with E-state index in [9.17, 15) is 0 Å². The second-order valence-corrected chi connectivity index (χ2v) is 2.33. The van der Waals surface area contributed by atoms with Gasteiger partial charge in [-0.3, -0.25) is 0 Å². The zero-order valence-electron chi connectivity index (χ0n) is 7.62. The Labute approximate surface area is 73.4 Å². The molecule has 0 aliphatic heterocycles. The maximum Gasteiger partial charge on any atom is 0.106 e. The Bertz CT molecular complexity index is 67.5. The van der Waals surface area contributed by atoms with Crippen LogP contribution in [0.1, 0.15) is 19.8 Å². The van der Waals surface area contributed by atoms with Crippen molar-refractivity contribution in [3.05, 3.63) is 0 Å². The van der Waals surface area contributed by atoms with E-state index in [0.717, 1.165) is 12.8 Å². The highest BCUT2D eigenvalue weighted by molar-refractivity contribution is 4.28. The van der Waals surface area contributed by atoms with Crippen LogP contribution in [-0.2, 0) is 14.5 Å². The van der Waals surface area contributed by atoms with Gasteiger partial charge in [0, 0.05) is 0 Å². The van der Waals surface area contributed by atoms with Gasteiger partial charge in [0.15, 0.2) is 0 Å². The normalized spacial score (nSPS) is 10.5. The second kappa shape index (κ2) is 10.8. The highest BCUT2D eigenvalue weighted by Crippen LogP contribution is 1.88. The van der Waals surface area contributed by atoms with Gasteiger partial charge in [0.25, 0.3) is 0 Å². The molecule has 0 spiro atoms. The van der Waals surface area contributed by atoms with Gasteiger partial charge < -0.3 is 9.84 Å². The molecule has 0 saturated carbocycles. The summed E-state index contributed by atoms with van der Waals surface area (Å²) in [5.74, 6) is 0. The number of rotatable bonds is 9. The fourth-order valence-corrected chi connectivity index (χ4v) is 0.581. The molecule has 0 amide bonds. The first-order valence-corrected chi connectivity index (χ1v) is 4.34. The summed E-state index contributed by atoms with van der Waals surface area (Å²) in [7, 11) is 0. The maximum absolute atomic E-state index is 8.34. The number of unbranched alkanes of at least 4 members (excludes halogenated alkanes) is 1. The molecule has 0 heterocycles. The Hall–Kier alpha value is -0.160. The lowest BCUT2D eigenvalue weighted by molar-refractivity contribution is -0.299. The lowest BCUT2D eigenvalue weighted by atomic mass is 10.4. The van der Waals surface area contributed by atoms with Gasteiger partial charge in [-0.25, -0.2) is 9.78 Å². The summed E-state index contributed by atoms with van der Waals surface area (Å²) in [5.41, 5.74) is 0. The van der Waals surface area contributed by atoms with E-state index in [1.807, 2.05) is 0 Å². The van der Waals surface area contributed by atoms with Crippen molar-refractivity contribution in [1.82, 2.24) is 0 Å². The van der Waals surface area contributed by atoms with Crippen LogP contribution in [0.5, 0.6) is 0 Å². The van der Waals surface area contributed by atoms with Gasteiger partial charge in [0.2, 0.25) is 0 Å². The zero-order valence-corrected chi connectivity index (χ0v) is 7.62. The summed E-state index contributed by atoms with van der Waals surface area (Å²) in [4.78, 5) is 9.59. The molecule has 0 unspecified atom stereocenters. The van der Waals surface area contributed by atoms with E-state index >= 15 is 0 Å². The van der Waals surface area contributed by atoms with Crippen molar-refractivity contribution >= 4 is 0 Å². The van der Waals surface area contributed by atoms with Gasteiger partial charge in [0.05, 0.1) is 26.4 Å². The molecule has 12 heavy (non-hydrogen) atoms. The first-order chi connectivity index (χ1) is 5.91. The predicted molar refractivity (Wildman–Crippen MR) is 44.7 cm³/mol. The third kappa shape index (κ3) is 9.84. The Morgan fingerprint density at radius 1 is 1.00 bits per heavy atom. The third-order valence-electron chi connectivity index (χ3n) is 1.21. The Balaban J connectivity index is 2.73. The summed E-state index contributed by atoms with van der Waals surface area (Å²) in [5, 5.41) is 8.34. The Morgan fingerprint density at radius 3 is 2.42 bits per heavy atom. The minimum absolute atomic E-state index is 0.0523. The molecular formula is C8H18O4. The molecule has 0 fully saturated rings. The van der Waals surface area contributed by atoms with Crippen molar-refractivity contribution in [1.29, 1.82) is 0 Å². The van der Waals surface area contributed by atoms with Crippen molar-refractivity contribution in [2.24, 2.45) is 0 Å². The van der Waals surface area contributed by atoms with Gasteiger partial charge in [-0.1, -0.05) is 13.3 Å². The fourth-order valence-electron chi connectivity index (χ4n) is 0.581. The minimum atomic E-state index is 0.0523. The van der Waals surface area contributed by atoms with E-state index in [-0.39, 0.29) is 6.61 Å². The summed E-state index contributed by atoms with van der Waals surface area (Å²) in [6.07, 6.45) is 2.11. The number of aliphatic hydroxyl groups is 1. The van der Waals surface area contributed by atoms with E-state index in [0.29, 0.717) is 26.4 Å². The van der Waals surface area contributed by atoms with Crippen LogP contribution < -0.4 is 0 Å². The van der Waals surface area contributed by atoms with E-state index in [4.69, 9.17) is 19.6 Å². The van der Waals surface area contributed by atoms with Crippen LogP contribution in [-0.4, -0.2) is 38.1 Å². The first kappa shape index (κ1) is 11.8. The third-order valence-corrected chi connectivity index (χ3v) is 1.21. The van der Waals surface area contributed by atoms with Crippen molar-refractivity contribution in [3.8, 4) is 0 Å². The highest BCUT2D eigenvalue weighted by Gasteiger charge is 1.89. The van der Waals surface area contributed by atoms with Crippen molar-refractivity contribution in [2.75, 3.05) is 33.0 Å². The Kier molecular flexibility index (Phi) is 10.7. The molecule has 0 aromatic heterocycles. The average Bonchev–Trinajstić information content (AvgIpc) is 2.10. The molecule has 4 heteroatoms. The van der Waals surface area contributed by atoms with Crippen LogP contribution in [0.25, 0.3) is 0 Å². The standard InChI is InChI=1S/C8H18O4/c1-2-3-5-11-12-8-7-10-6-4-9/h9H,2-8H2,1H3. The smallest absolute Gasteiger partial charge is 0.106 e. The van der Waals surface area contributed by atoms with E-state index in [1.165, 1.54) is 0 Å². The zero-order chi connectivity index (χ0) is 9.07. The monoisotopic (exact) mass is 178 g/mol. The SMILES string of the molecule is CCCCOOCCOCCO. The number of hydrogen-bond acceptors (Lipinski definition) is 4. The van der Waals surface area contributed by atoms with E-state index in [1.54, 1.807) is 0 Å². The maximum atomic E-state index is 8.34. The number of hydrogen-bond donors (Lipinski definition) is 1. The highest BCUT2D eigenvalue weighted by atomic mass is 17.2. The van der Waals surface area contributed by atoms with Crippen LogP contribution in [0.15, 0.2) is 0 Å². The molecule has 0 aliphatic rings. The van der Waals surface area contributed by atoms with Gasteiger partial charge in [-0.2, -0.15) is 0 Å². The molecule has 74 valence electrons. The molecule has 0 rings (SSSR count). The average molecular weight is 178 g/mol. The predicted octanol–water partition coefficient (Wildman–Crippen LogP) is 0.744. The largest absolute Gasteiger partial charge is 0.394 e. The molecule has 0 aliphatic carbocycles. The molecule has 0 saturated heterocycles. The quantitative estimate of drug-likeness (QED) is 0.321. The number of aliphatic hydroxyl groups excluding tert-OH is 1. The van der Waals surface area contributed by atoms with Crippen LogP contribution in [0, 0.1) is 0 Å². The van der Waals surface area contributed by atoms with Gasteiger partial charge >= 0.3 is 0 Å². The van der Waals surface area contributed by atoms with Gasteiger partial charge in [0.1, 0.15) is 6.61 Å². The molecule has 0 bridgehead atoms. The van der Waals surface area contributed by atoms with Gasteiger partial charge in [-0.05, 0) is 6.42 Å². The molecule has 1 N–H and O–H groups in total. The molecule has 0 radical (unpaired) electrons.